The van der Waals surface area contributed by atoms with Gasteiger partial charge >= 0.3 is 0 Å². The van der Waals surface area contributed by atoms with Crippen molar-refractivity contribution in [3.8, 4) is 0 Å². The van der Waals surface area contributed by atoms with Gasteiger partial charge in [0.25, 0.3) is 0 Å². The van der Waals surface area contributed by atoms with E-state index in [2.05, 4.69) is 40.5 Å². The number of piperidine rings is 1. The quantitative estimate of drug-likeness (QED) is 0.753. The first kappa shape index (κ1) is 19.2. The van der Waals surface area contributed by atoms with Gasteiger partial charge in [0, 0.05) is 5.02 Å². The summed E-state index contributed by atoms with van der Waals surface area (Å²) < 4.78 is 0. The van der Waals surface area contributed by atoms with Gasteiger partial charge in [-0.25, -0.2) is 0 Å². The van der Waals surface area contributed by atoms with Gasteiger partial charge in [0.05, 0.1) is 16.8 Å². The zero-order valence-corrected chi connectivity index (χ0v) is 16.4. The molecule has 0 unspecified atom stereocenters. The Labute approximate surface area is 165 Å². The number of carbonyl (C=O) groups is 1. The standard InChI is InChI=1S/C21H24Cl2N2O/c1-15(21(26)24-20-14-18(22)7-8-19(20)23)25-11-9-17(10-12-25)13-16-5-3-2-4-6-16/h2-8,14-15,17H,9-13H2,1H3,(H,24,26)/t15-/m0/s1. The molecule has 1 fully saturated rings. The third kappa shape index (κ3) is 5.00. The summed E-state index contributed by atoms with van der Waals surface area (Å²) in [7, 11) is 0. The third-order valence-electron chi connectivity index (χ3n) is 5.13. The second-order valence-corrected chi connectivity index (χ2v) is 7.80. The summed E-state index contributed by atoms with van der Waals surface area (Å²) in [6.07, 6.45) is 3.35. The fraction of sp³-hybridized carbons (Fsp3) is 0.381. The van der Waals surface area contributed by atoms with E-state index in [0.717, 1.165) is 32.4 Å². The van der Waals surface area contributed by atoms with E-state index in [0.29, 0.717) is 21.7 Å². The average Bonchev–Trinajstić information content (AvgIpc) is 2.65. The Bertz CT molecular complexity index is 743. The van der Waals surface area contributed by atoms with Crippen LogP contribution in [0, 0.1) is 5.92 Å². The van der Waals surface area contributed by atoms with Crippen molar-refractivity contribution in [2.75, 3.05) is 18.4 Å². The van der Waals surface area contributed by atoms with Gasteiger partial charge in [-0.1, -0.05) is 53.5 Å². The van der Waals surface area contributed by atoms with E-state index in [1.165, 1.54) is 5.56 Å². The van der Waals surface area contributed by atoms with Crippen LogP contribution >= 0.6 is 23.2 Å². The Morgan fingerprint density at radius 2 is 1.85 bits per heavy atom. The summed E-state index contributed by atoms with van der Waals surface area (Å²) in [6.45, 7) is 3.83. The van der Waals surface area contributed by atoms with Crippen molar-refractivity contribution in [1.82, 2.24) is 4.90 Å². The Morgan fingerprint density at radius 1 is 1.15 bits per heavy atom. The summed E-state index contributed by atoms with van der Waals surface area (Å²) in [5.41, 5.74) is 1.96. The lowest BCUT2D eigenvalue weighted by atomic mass is 9.89. The molecule has 1 saturated heterocycles. The molecule has 3 nitrogen and oxygen atoms in total. The number of anilines is 1. The molecule has 1 atom stereocenters. The van der Waals surface area contributed by atoms with Crippen molar-refractivity contribution in [3.05, 3.63) is 64.1 Å². The van der Waals surface area contributed by atoms with Crippen LogP contribution in [0.2, 0.25) is 10.0 Å². The molecule has 2 aromatic carbocycles. The van der Waals surface area contributed by atoms with E-state index in [-0.39, 0.29) is 11.9 Å². The van der Waals surface area contributed by atoms with E-state index >= 15 is 0 Å². The Morgan fingerprint density at radius 3 is 2.54 bits per heavy atom. The zero-order valence-electron chi connectivity index (χ0n) is 14.9. The molecule has 1 aliphatic rings. The summed E-state index contributed by atoms with van der Waals surface area (Å²) >= 11 is 12.1. The van der Waals surface area contributed by atoms with Crippen LogP contribution in [0.15, 0.2) is 48.5 Å². The van der Waals surface area contributed by atoms with E-state index in [1.807, 2.05) is 6.92 Å². The molecule has 1 heterocycles. The highest BCUT2D eigenvalue weighted by atomic mass is 35.5. The number of halogens is 2. The summed E-state index contributed by atoms with van der Waals surface area (Å²) in [6, 6.07) is 15.5. The Hall–Kier alpha value is -1.55. The SMILES string of the molecule is C[C@@H](C(=O)Nc1cc(Cl)ccc1Cl)N1CCC(Cc2ccccc2)CC1. The maximum Gasteiger partial charge on any atom is 0.241 e. The second kappa shape index (κ2) is 8.90. The summed E-state index contributed by atoms with van der Waals surface area (Å²) in [5, 5.41) is 3.95. The minimum absolute atomic E-state index is 0.0457. The predicted octanol–water partition coefficient (Wildman–Crippen LogP) is 5.28. The largest absolute Gasteiger partial charge is 0.323 e. The zero-order chi connectivity index (χ0) is 18.5. The normalized spacial score (nSPS) is 17.0. The van der Waals surface area contributed by atoms with Gasteiger partial charge in [-0.3, -0.25) is 9.69 Å². The van der Waals surface area contributed by atoms with Crippen molar-refractivity contribution < 1.29 is 4.79 Å². The van der Waals surface area contributed by atoms with Crippen LogP contribution in [0.25, 0.3) is 0 Å². The lowest BCUT2D eigenvalue weighted by Gasteiger charge is -2.35. The van der Waals surface area contributed by atoms with E-state index < -0.39 is 0 Å². The van der Waals surface area contributed by atoms with Crippen LogP contribution in [0.3, 0.4) is 0 Å². The highest BCUT2D eigenvalue weighted by Gasteiger charge is 2.27. The molecule has 0 aromatic heterocycles. The number of hydrogen-bond acceptors (Lipinski definition) is 2. The molecule has 3 rings (SSSR count). The van der Waals surface area contributed by atoms with Gasteiger partial charge in [-0.05, 0) is 69.0 Å². The molecule has 138 valence electrons. The van der Waals surface area contributed by atoms with E-state index in [4.69, 9.17) is 23.2 Å². The molecule has 1 amide bonds. The first-order chi connectivity index (χ1) is 12.5. The molecule has 2 aromatic rings. The number of nitrogens with one attached hydrogen (secondary N) is 1. The van der Waals surface area contributed by atoms with Gasteiger partial charge < -0.3 is 5.32 Å². The third-order valence-corrected chi connectivity index (χ3v) is 5.69. The van der Waals surface area contributed by atoms with Crippen LogP contribution < -0.4 is 5.32 Å². The summed E-state index contributed by atoms with van der Waals surface area (Å²) in [4.78, 5) is 14.8. The van der Waals surface area contributed by atoms with Crippen LogP contribution in [-0.2, 0) is 11.2 Å². The maximum absolute atomic E-state index is 12.6. The first-order valence-electron chi connectivity index (χ1n) is 9.07. The first-order valence-corrected chi connectivity index (χ1v) is 9.82. The fourth-order valence-electron chi connectivity index (χ4n) is 3.49. The molecular formula is C21H24Cl2N2O. The molecule has 5 heteroatoms. The van der Waals surface area contributed by atoms with Crippen molar-refractivity contribution in [3.63, 3.8) is 0 Å². The maximum atomic E-state index is 12.6. The highest BCUT2D eigenvalue weighted by Crippen LogP contribution is 2.27. The molecule has 1 N–H and O–H groups in total. The van der Waals surface area contributed by atoms with Gasteiger partial charge in [0.1, 0.15) is 0 Å². The van der Waals surface area contributed by atoms with Crippen molar-refractivity contribution in [2.24, 2.45) is 5.92 Å². The monoisotopic (exact) mass is 390 g/mol. The number of nitrogens with zero attached hydrogens (tertiary/aromatic N) is 1. The number of rotatable bonds is 5. The lowest BCUT2D eigenvalue weighted by Crippen LogP contribution is -2.46. The number of benzene rings is 2. The van der Waals surface area contributed by atoms with Gasteiger partial charge in [-0.2, -0.15) is 0 Å². The van der Waals surface area contributed by atoms with Crippen LogP contribution in [0.5, 0.6) is 0 Å². The predicted molar refractivity (Wildman–Crippen MR) is 109 cm³/mol. The molecule has 0 radical (unpaired) electrons. The Kier molecular flexibility index (Phi) is 6.58. The van der Waals surface area contributed by atoms with Gasteiger partial charge in [0.15, 0.2) is 0 Å². The molecule has 26 heavy (non-hydrogen) atoms. The number of amides is 1. The highest BCUT2D eigenvalue weighted by molar-refractivity contribution is 6.35. The van der Waals surface area contributed by atoms with Gasteiger partial charge in [-0.15, -0.1) is 0 Å². The van der Waals surface area contributed by atoms with E-state index in [9.17, 15) is 4.79 Å². The number of carbonyl (C=O) groups excluding carboxylic acids is 1. The lowest BCUT2D eigenvalue weighted by molar-refractivity contribution is -0.121. The van der Waals surface area contributed by atoms with Crippen LogP contribution in [0.1, 0.15) is 25.3 Å². The molecule has 0 saturated carbocycles. The smallest absolute Gasteiger partial charge is 0.241 e. The number of likely N-dealkylation sites (tertiary alicyclic amines) is 1. The van der Waals surface area contributed by atoms with Crippen molar-refractivity contribution in [1.29, 1.82) is 0 Å². The molecular weight excluding hydrogens is 367 g/mol. The van der Waals surface area contributed by atoms with E-state index in [1.54, 1.807) is 18.2 Å². The van der Waals surface area contributed by atoms with Crippen LogP contribution in [-0.4, -0.2) is 29.9 Å². The minimum atomic E-state index is -0.192. The minimum Gasteiger partial charge on any atom is -0.323 e. The molecule has 0 aliphatic carbocycles. The second-order valence-electron chi connectivity index (χ2n) is 6.96. The Balaban J connectivity index is 1.52. The summed E-state index contributed by atoms with van der Waals surface area (Å²) in [5.74, 6) is 0.641. The number of hydrogen-bond donors (Lipinski definition) is 1. The fourth-order valence-corrected chi connectivity index (χ4v) is 3.82. The topological polar surface area (TPSA) is 32.3 Å². The average molecular weight is 391 g/mol. The molecule has 1 aliphatic heterocycles. The van der Waals surface area contributed by atoms with Crippen LogP contribution in [0.4, 0.5) is 5.69 Å². The molecule has 0 spiro atoms. The van der Waals surface area contributed by atoms with Crippen molar-refractivity contribution >= 4 is 34.8 Å². The van der Waals surface area contributed by atoms with Gasteiger partial charge in [0.2, 0.25) is 5.91 Å². The van der Waals surface area contributed by atoms with Crippen molar-refractivity contribution in [2.45, 2.75) is 32.2 Å². The molecule has 0 bridgehead atoms.